The quantitative estimate of drug-likeness (QED) is 0.794. The third-order valence-electron chi connectivity index (χ3n) is 4.08. The van der Waals surface area contributed by atoms with Crippen LogP contribution in [0.3, 0.4) is 0 Å². The molecule has 1 atom stereocenters. The molecule has 0 spiro atoms. The first-order valence-electron chi connectivity index (χ1n) is 7.77. The molecule has 6 nitrogen and oxygen atoms in total. The number of sulfone groups is 1. The van der Waals surface area contributed by atoms with Gasteiger partial charge in [0.1, 0.15) is 5.75 Å². The first kappa shape index (κ1) is 17.7. The van der Waals surface area contributed by atoms with Crippen LogP contribution >= 0.6 is 11.6 Å². The van der Waals surface area contributed by atoms with E-state index < -0.39 is 15.1 Å². The molecule has 2 aromatic rings. The lowest BCUT2D eigenvalue weighted by Crippen LogP contribution is -2.35. The van der Waals surface area contributed by atoms with Crippen LogP contribution in [0.25, 0.3) is 0 Å². The molecule has 1 amide bonds. The molecular weight excluding hydrogens is 364 g/mol. The zero-order chi connectivity index (χ0) is 17.9. The van der Waals surface area contributed by atoms with Crippen molar-refractivity contribution in [1.82, 2.24) is 9.88 Å². The molecule has 1 aromatic heterocycles. The Morgan fingerprint density at radius 1 is 1.28 bits per heavy atom. The summed E-state index contributed by atoms with van der Waals surface area (Å²) < 4.78 is 30.7. The number of ether oxygens (including phenoxy) is 1. The average Bonchev–Trinajstić information content (AvgIpc) is 3.12. The summed E-state index contributed by atoms with van der Waals surface area (Å²) in [5.41, 5.74) is 0. The van der Waals surface area contributed by atoms with Crippen molar-refractivity contribution >= 4 is 27.3 Å². The van der Waals surface area contributed by atoms with E-state index in [9.17, 15) is 13.2 Å². The zero-order valence-electron chi connectivity index (χ0n) is 13.3. The summed E-state index contributed by atoms with van der Waals surface area (Å²) in [6.45, 7) is 0.423. The fourth-order valence-corrected chi connectivity index (χ4v) is 4.51. The smallest absolute Gasteiger partial charge is 0.260 e. The van der Waals surface area contributed by atoms with Crippen LogP contribution in [0, 0.1) is 0 Å². The van der Waals surface area contributed by atoms with Gasteiger partial charge in [-0.3, -0.25) is 9.78 Å². The molecule has 1 aromatic carbocycles. The molecule has 0 aliphatic carbocycles. The number of rotatable bonds is 5. The van der Waals surface area contributed by atoms with Crippen LogP contribution in [0.5, 0.6) is 5.75 Å². The second-order valence-corrected chi connectivity index (χ2v) is 8.39. The van der Waals surface area contributed by atoms with Crippen molar-refractivity contribution in [1.29, 1.82) is 0 Å². The SMILES string of the molecule is O=C(COc1cccnc1)N1CCC(S(=O)(=O)c2ccc(Cl)cc2)C1. The van der Waals surface area contributed by atoms with Crippen molar-refractivity contribution in [3.63, 3.8) is 0 Å². The minimum Gasteiger partial charge on any atom is -0.482 e. The Morgan fingerprint density at radius 2 is 2.04 bits per heavy atom. The van der Waals surface area contributed by atoms with Crippen molar-refractivity contribution in [3.8, 4) is 5.75 Å². The summed E-state index contributed by atoms with van der Waals surface area (Å²) >= 11 is 5.81. The van der Waals surface area contributed by atoms with E-state index in [0.717, 1.165) is 0 Å². The zero-order valence-corrected chi connectivity index (χ0v) is 14.9. The van der Waals surface area contributed by atoms with Gasteiger partial charge in [0.15, 0.2) is 16.4 Å². The predicted molar refractivity (Wildman–Crippen MR) is 93.4 cm³/mol. The first-order chi connectivity index (χ1) is 12.0. The summed E-state index contributed by atoms with van der Waals surface area (Å²) in [6.07, 6.45) is 3.54. The molecule has 2 heterocycles. The molecule has 8 heteroatoms. The van der Waals surface area contributed by atoms with Gasteiger partial charge in [-0.25, -0.2) is 8.42 Å². The van der Waals surface area contributed by atoms with Crippen LogP contribution in [0.4, 0.5) is 0 Å². The summed E-state index contributed by atoms with van der Waals surface area (Å²) in [4.78, 5) is 17.9. The Hall–Kier alpha value is -2.12. The van der Waals surface area contributed by atoms with E-state index in [2.05, 4.69) is 4.98 Å². The number of pyridine rings is 1. The van der Waals surface area contributed by atoms with Crippen molar-refractivity contribution in [2.45, 2.75) is 16.6 Å². The minimum atomic E-state index is -3.49. The normalized spacial score (nSPS) is 17.5. The van der Waals surface area contributed by atoms with Crippen molar-refractivity contribution < 1.29 is 17.9 Å². The molecule has 1 aliphatic heterocycles. The third-order valence-corrected chi connectivity index (χ3v) is 6.52. The largest absolute Gasteiger partial charge is 0.482 e. The number of carbonyl (C=O) groups excluding carboxylic acids is 1. The Balaban J connectivity index is 1.61. The van der Waals surface area contributed by atoms with Gasteiger partial charge in [0.25, 0.3) is 5.91 Å². The fraction of sp³-hybridized carbons (Fsp3) is 0.294. The van der Waals surface area contributed by atoms with Gasteiger partial charge in [-0.15, -0.1) is 0 Å². The molecule has 0 saturated carbocycles. The van der Waals surface area contributed by atoms with Crippen LogP contribution in [-0.2, 0) is 14.6 Å². The highest BCUT2D eigenvalue weighted by Gasteiger charge is 2.36. The molecule has 1 saturated heterocycles. The number of halogens is 1. The Morgan fingerprint density at radius 3 is 2.72 bits per heavy atom. The highest BCUT2D eigenvalue weighted by atomic mass is 35.5. The maximum Gasteiger partial charge on any atom is 0.260 e. The second kappa shape index (κ2) is 7.41. The fourth-order valence-electron chi connectivity index (χ4n) is 2.69. The molecule has 25 heavy (non-hydrogen) atoms. The van der Waals surface area contributed by atoms with Crippen LogP contribution in [0.1, 0.15) is 6.42 Å². The number of hydrogen-bond acceptors (Lipinski definition) is 5. The van der Waals surface area contributed by atoms with Gasteiger partial charge in [-0.05, 0) is 42.8 Å². The van der Waals surface area contributed by atoms with Crippen LogP contribution in [0.15, 0.2) is 53.7 Å². The van der Waals surface area contributed by atoms with Crippen molar-refractivity contribution in [2.24, 2.45) is 0 Å². The molecular formula is C17H17ClN2O4S. The van der Waals surface area contributed by atoms with Crippen molar-refractivity contribution in [2.75, 3.05) is 19.7 Å². The first-order valence-corrected chi connectivity index (χ1v) is 9.69. The van der Waals surface area contributed by atoms with E-state index in [1.54, 1.807) is 30.5 Å². The van der Waals surface area contributed by atoms with Crippen LogP contribution in [-0.4, -0.2) is 49.2 Å². The predicted octanol–water partition coefficient (Wildman–Crippen LogP) is 2.19. The van der Waals surface area contributed by atoms with Gasteiger partial charge in [0.05, 0.1) is 16.3 Å². The number of aromatic nitrogens is 1. The monoisotopic (exact) mass is 380 g/mol. The number of carbonyl (C=O) groups is 1. The molecule has 132 valence electrons. The molecule has 0 N–H and O–H groups in total. The van der Waals surface area contributed by atoms with E-state index >= 15 is 0 Å². The van der Waals surface area contributed by atoms with Crippen LogP contribution < -0.4 is 4.74 Å². The maximum absolute atomic E-state index is 12.7. The molecule has 1 fully saturated rings. The van der Waals surface area contributed by atoms with Crippen molar-refractivity contribution in [3.05, 3.63) is 53.8 Å². The minimum absolute atomic E-state index is 0.139. The Labute approximate surface area is 151 Å². The van der Waals surface area contributed by atoms with Gasteiger partial charge in [-0.1, -0.05) is 11.6 Å². The molecule has 0 radical (unpaired) electrons. The third kappa shape index (κ3) is 4.11. The second-order valence-electron chi connectivity index (χ2n) is 5.73. The number of benzene rings is 1. The number of nitrogens with zero attached hydrogens (tertiary/aromatic N) is 2. The lowest BCUT2D eigenvalue weighted by molar-refractivity contribution is -0.132. The van der Waals surface area contributed by atoms with Gasteiger partial charge in [-0.2, -0.15) is 0 Å². The lowest BCUT2D eigenvalue weighted by atomic mass is 10.4. The summed E-state index contributed by atoms with van der Waals surface area (Å²) in [6, 6.07) is 9.51. The van der Waals surface area contributed by atoms with Gasteiger partial charge in [0, 0.05) is 24.3 Å². The Bertz CT molecular complexity index is 841. The van der Waals surface area contributed by atoms with E-state index in [0.29, 0.717) is 23.7 Å². The van der Waals surface area contributed by atoms with Gasteiger partial charge in [0.2, 0.25) is 0 Å². The molecule has 0 bridgehead atoms. The van der Waals surface area contributed by atoms with E-state index in [1.807, 2.05) is 0 Å². The highest BCUT2D eigenvalue weighted by Crippen LogP contribution is 2.25. The average molecular weight is 381 g/mol. The number of likely N-dealkylation sites (tertiary alicyclic amines) is 1. The lowest BCUT2D eigenvalue weighted by Gasteiger charge is -2.17. The molecule has 1 unspecified atom stereocenters. The van der Waals surface area contributed by atoms with E-state index in [1.165, 1.54) is 23.2 Å². The standard InChI is InChI=1S/C17H17ClN2O4S/c18-13-3-5-15(6-4-13)25(22,23)16-7-9-20(11-16)17(21)12-24-14-2-1-8-19-10-14/h1-6,8,10,16H,7,9,11-12H2. The van der Waals surface area contributed by atoms with Gasteiger partial charge >= 0.3 is 0 Å². The van der Waals surface area contributed by atoms with E-state index in [-0.39, 0.29) is 24.0 Å². The van der Waals surface area contributed by atoms with Crippen LogP contribution in [0.2, 0.25) is 5.02 Å². The summed E-state index contributed by atoms with van der Waals surface area (Å²) in [7, 11) is -3.49. The number of hydrogen-bond donors (Lipinski definition) is 0. The summed E-state index contributed by atoms with van der Waals surface area (Å²) in [5, 5.41) is -0.134. The molecule has 1 aliphatic rings. The topological polar surface area (TPSA) is 76.6 Å². The Kier molecular flexibility index (Phi) is 5.24. The highest BCUT2D eigenvalue weighted by molar-refractivity contribution is 7.92. The maximum atomic E-state index is 12.7. The van der Waals surface area contributed by atoms with E-state index in [4.69, 9.17) is 16.3 Å². The van der Waals surface area contributed by atoms with Gasteiger partial charge < -0.3 is 9.64 Å². The molecule has 3 rings (SSSR count). The summed E-state index contributed by atoms with van der Waals surface area (Å²) in [5.74, 6) is 0.262. The number of amides is 1.